The molecule has 6 nitrogen and oxygen atoms in total. The summed E-state index contributed by atoms with van der Waals surface area (Å²) in [4.78, 5) is 13.8. The number of benzene rings is 1. The number of nitrogens with one attached hydrogen (secondary N) is 2. The number of fused-ring (bicyclic) bond motifs is 1. The van der Waals surface area contributed by atoms with E-state index in [9.17, 15) is 13.2 Å². The first-order valence-electron chi connectivity index (χ1n) is 8.45. The number of amides is 1. The predicted molar refractivity (Wildman–Crippen MR) is 93.5 cm³/mol. The van der Waals surface area contributed by atoms with Gasteiger partial charge in [0.15, 0.2) is 0 Å². The second kappa shape index (κ2) is 6.46. The Morgan fingerprint density at radius 2 is 2.08 bits per heavy atom. The minimum absolute atomic E-state index is 0.0166. The molecule has 1 aromatic rings. The molecule has 2 heterocycles. The smallest absolute Gasteiger partial charge is 0.240 e. The van der Waals surface area contributed by atoms with Gasteiger partial charge in [0, 0.05) is 31.2 Å². The van der Waals surface area contributed by atoms with Crippen molar-refractivity contribution < 1.29 is 13.2 Å². The second-order valence-corrected chi connectivity index (χ2v) is 8.64. The van der Waals surface area contributed by atoms with Gasteiger partial charge in [0.1, 0.15) is 0 Å². The van der Waals surface area contributed by atoms with Gasteiger partial charge in [-0.15, -0.1) is 0 Å². The van der Waals surface area contributed by atoms with Gasteiger partial charge in [-0.1, -0.05) is 6.92 Å². The molecule has 3 atom stereocenters. The van der Waals surface area contributed by atoms with E-state index in [0.717, 1.165) is 24.2 Å². The third kappa shape index (κ3) is 3.20. The molecule has 2 aliphatic heterocycles. The van der Waals surface area contributed by atoms with E-state index in [0.29, 0.717) is 18.9 Å². The molecule has 3 rings (SSSR count). The third-order valence-electron chi connectivity index (χ3n) is 5.05. The molecule has 2 aliphatic rings. The molecule has 2 N–H and O–H groups in total. The summed E-state index contributed by atoms with van der Waals surface area (Å²) in [6.45, 7) is 7.17. The van der Waals surface area contributed by atoms with Crippen LogP contribution >= 0.6 is 0 Å². The van der Waals surface area contributed by atoms with Crippen molar-refractivity contribution in [3.05, 3.63) is 23.8 Å². The molecule has 3 unspecified atom stereocenters. The van der Waals surface area contributed by atoms with Crippen molar-refractivity contribution in [3.8, 4) is 0 Å². The maximum Gasteiger partial charge on any atom is 0.240 e. The number of piperidine rings is 1. The van der Waals surface area contributed by atoms with Crippen LogP contribution < -0.4 is 14.9 Å². The van der Waals surface area contributed by atoms with Crippen LogP contribution in [0.3, 0.4) is 0 Å². The summed E-state index contributed by atoms with van der Waals surface area (Å²) in [5.74, 6) is 0.292. The SMILES string of the molecule is CC(=O)N1c2ccc(S(=O)(=O)NC3CNCCC3C)cc2CC1C. The fourth-order valence-corrected chi connectivity index (χ4v) is 5.06. The summed E-state index contributed by atoms with van der Waals surface area (Å²) in [7, 11) is -3.56. The summed E-state index contributed by atoms with van der Waals surface area (Å²) in [6, 6.07) is 5.02. The highest BCUT2D eigenvalue weighted by molar-refractivity contribution is 7.89. The number of carbonyl (C=O) groups is 1. The van der Waals surface area contributed by atoms with Crippen molar-refractivity contribution in [2.24, 2.45) is 5.92 Å². The molecule has 24 heavy (non-hydrogen) atoms. The van der Waals surface area contributed by atoms with Crippen LogP contribution in [0.4, 0.5) is 5.69 Å². The van der Waals surface area contributed by atoms with Crippen molar-refractivity contribution in [2.75, 3.05) is 18.0 Å². The molecule has 1 amide bonds. The Labute approximate surface area is 143 Å². The predicted octanol–water partition coefficient (Wildman–Crippen LogP) is 1.26. The van der Waals surface area contributed by atoms with Crippen molar-refractivity contribution in [1.29, 1.82) is 0 Å². The summed E-state index contributed by atoms with van der Waals surface area (Å²) in [5.41, 5.74) is 1.73. The standard InChI is InChI=1S/C17H25N3O3S/c1-11-6-7-18-10-16(11)19-24(22,23)15-4-5-17-14(9-15)8-12(2)20(17)13(3)21/h4-5,9,11-12,16,18-19H,6-8,10H2,1-3H3. The van der Waals surface area contributed by atoms with E-state index >= 15 is 0 Å². The molecular formula is C17H25N3O3S. The van der Waals surface area contributed by atoms with Crippen LogP contribution in [0, 0.1) is 5.92 Å². The molecule has 1 aromatic carbocycles. The lowest BCUT2D eigenvalue weighted by Crippen LogP contribution is -2.50. The van der Waals surface area contributed by atoms with Gasteiger partial charge in [-0.2, -0.15) is 0 Å². The number of sulfonamides is 1. The fraction of sp³-hybridized carbons (Fsp3) is 0.588. The van der Waals surface area contributed by atoms with Crippen LogP contribution in [0.25, 0.3) is 0 Å². The van der Waals surface area contributed by atoms with Crippen LogP contribution in [0.15, 0.2) is 23.1 Å². The maximum absolute atomic E-state index is 12.7. The van der Waals surface area contributed by atoms with Crippen LogP contribution in [-0.2, 0) is 21.2 Å². The van der Waals surface area contributed by atoms with Gasteiger partial charge in [0.05, 0.1) is 4.90 Å². The van der Waals surface area contributed by atoms with E-state index in [1.807, 2.05) is 6.92 Å². The molecule has 7 heteroatoms. The van der Waals surface area contributed by atoms with E-state index < -0.39 is 10.0 Å². The maximum atomic E-state index is 12.7. The highest BCUT2D eigenvalue weighted by Gasteiger charge is 2.31. The van der Waals surface area contributed by atoms with E-state index in [1.165, 1.54) is 6.92 Å². The Hall–Kier alpha value is -1.44. The van der Waals surface area contributed by atoms with Gasteiger partial charge in [-0.05, 0) is 56.0 Å². The van der Waals surface area contributed by atoms with Crippen molar-refractivity contribution >= 4 is 21.6 Å². The van der Waals surface area contributed by atoms with E-state index in [4.69, 9.17) is 0 Å². The number of hydrogen-bond donors (Lipinski definition) is 2. The zero-order valence-corrected chi connectivity index (χ0v) is 15.2. The minimum Gasteiger partial charge on any atom is -0.315 e. The van der Waals surface area contributed by atoms with Crippen LogP contribution in [0.1, 0.15) is 32.8 Å². The van der Waals surface area contributed by atoms with Gasteiger partial charge < -0.3 is 10.2 Å². The number of nitrogens with zero attached hydrogens (tertiary/aromatic N) is 1. The van der Waals surface area contributed by atoms with Crippen LogP contribution in [0.2, 0.25) is 0 Å². The van der Waals surface area contributed by atoms with Crippen molar-refractivity contribution in [1.82, 2.24) is 10.0 Å². The van der Waals surface area contributed by atoms with Crippen molar-refractivity contribution in [2.45, 2.75) is 50.6 Å². The van der Waals surface area contributed by atoms with Gasteiger partial charge >= 0.3 is 0 Å². The third-order valence-corrected chi connectivity index (χ3v) is 6.54. The molecule has 0 spiro atoms. The Balaban J connectivity index is 1.85. The lowest BCUT2D eigenvalue weighted by Gasteiger charge is -2.30. The zero-order chi connectivity index (χ0) is 17.5. The lowest BCUT2D eigenvalue weighted by atomic mass is 9.96. The summed E-state index contributed by atoms with van der Waals surface area (Å²) in [6.07, 6.45) is 1.64. The first-order chi connectivity index (χ1) is 11.3. The van der Waals surface area contributed by atoms with Gasteiger partial charge in [-0.25, -0.2) is 13.1 Å². The van der Waals surface area contributed by atoms with Gasteiger partial charge in [0.25, 0.3) is 0 Å². The summed E-state index contributed by atoms with van der Waals surface area (Å²) < 4.78 is 28.3. The largest absolute Gasteiger partial charge is 0.315 e. The highest BCUT2D eigenvalue weighted by atomic mass is 32.2. The Morgan fingerprint density at radius 3 is 2.75 bits per heavy atom. The number of hydrogen-bond acceptors (Lipinski definition) is 4. The van der Waals surface area contributed by atoms with E-state index in [2.05, 4.69) is 17.0 Å². The lowest BCUT2D eigenvalue weighted by molar-refractivity contribution is -0.116. The first-order valence-corrected chi connectivity index (χ1v) is 9.93. The van der Waals surface area contributed by atoms with Crippen molar-refractivity contribution in [3.63, 3.8) is 0 Å². The second-order valence-electron chi connectivity index (χ2n) is 6.93. The van der Waals surface area contributed by atoms with Crippen LogP contribution in [-0.4, -0.2) is 39.5 Å². The summed E-state index contributed by atoms with van der Waals surface area (Å²) >= 11 is 0. The number of carbonyl (C=O) groups excluding carboxylic acids is 1. The Morgan fingerprint density at radius 1 is 1.33 bits per heavy atom. The minimum atomic E-state index is -3.56. The number of rotatable bonds is 3. The monoisotopic (exact) mass is 351 g/mol. The van der Waals surface area contributed by atoms with Gasteiger partial charge in [0.2, 0.25) is 15.9 Å². The Kier molecular flexibility index (Phi) is 4.68. The fourth-order valence-electron chi connectivity index (χ4n) is 3.67. The van der Waals surface area contributed by atoms with E-state index in [1.54, 1.807) is 23.1 Å². The van der Waals surface area contributed by atoms with Crippen LogP contribution in [0.5, 0.6) is 0 Å². The molecule has 0 bridgehead atoms. The Bertz CT molecular complexity index is 747. The first kappa shape index (κ1) is 17.4. The van der Waals surface area contributed by atoms with E-state index in [-0.39, 0.29) is 22.9 Å². The summed E-state index contributed by atoms with van der Waals surface area (Å²) in [5, 5.41) is 3.23. The highest BCUT2D eigenvalue weighted by Crippen LogP contribution is 2.34. The molecule has 0 radical (unpaired) electrons. The molecule has 1 fully saturated rings. The number of anilines is 1. The normalized spacial score (nSPS) is 27.1. The molecule has 0 saturated carbocycles. The molecule has 0 aromatic heterocycles. The zero-order valence-electron chi connectivity index (χ0n) is 14.4. The average molecular weight is 351 g/mol. The molecule has 1 saturated heterocycles. The average Bonchev–Trinajstić information content (AvgIpc) is 2.84. The quantitative estimate of drug-likeness (QED) is 0.859. The molecule has 0 aliphatic carbocycles. The topological polar surface area (TPSA) is 78.5 Å². The molecule has 132 valence electrons. The van der Waals surface area contributed by atoms with Gasteiger partial charge in [-0.3, -0.25) is 4.79 Å². The molecular weight excluding hydrogens is 326 g/mol.